The molecular weight excluding hydrogens is 387 g/mol. The zero-order valence-electron chi connectivity index (χ0n) is 15.3. The SMILES string of the molecule is C[C@@H](Sc1ncc(-c2ccc(F)cc2)o1)C(=O)c1c(N)n(C)c(=O)n(C)c1=O. The Bertz CT molecular complexity index is 1160. The minimum absolute atomic E-state index is 0.190. The molecule has 10 heteroatoms. The fourth-order valence-electron chi connectivity index (χ4n) is 2.56. The number of ketones is 1. The number of oxazole rings is 1. The number of nitrogens with zero attached hydrogens (tertiary/aromatic N) is 3. The summed E-state index contributed by atoms with van der Waals surface area (Å²) in [4.78, 5) is 41.1. The van der Waals surface area contributed by atoms with Crippen molar-refractivity contribution in [2.24, 2.45) is 14.1 Å². The first-order valence-corrected chi connectivity index (χ1v) is 9.06. The average molecular weight is 404 g/mol. The molecule has 0 spiro atoms. The highest BCUT2D eigenvalue weighted by atomic mass is 32.2. The molecule has 1 aromatic carbocycles. The number of hydrogen-bond donors (Lipinski definition) is 1. The van der Waals surface area contributed by atoms with Gasteiger partial charge in [-0.25, -0.2) is 14.2 Å². The molecule has 3 rings (SSSR count). The van der Waals surface area contributed by atoms with Crippen LogP contribution in [-0.4, -0.2) is 25.2 Å². The van der Waals surface area contributed by atoms with Gasteiger partial charge in [-0.05, 0) is 31.2 Å². The molecule has 2 aromatic heterocycles. The van der Waals surface area contributed by atoms with E-state index in [1.807, 2.05) is 0 Å². The zero-order chi connectivity index (χ0) is 20.6. The van der Waals surface area contributed by atoms with Crippen LogP contribution in [0.15, 0.2) is 49.7 Å². The van der Waals surface area contributed by atoms with Gasteiger partial charge in [0, 0.05) is 19.7 Å². The summed E-state index contributed by atoms with van der Waals surface area (Å²) in [6.45, 7) is 1.58. The number of halogens is 1. The first-order chi connectivity index (χ1) is 13.2. The van der Waals surface area contributed by atoms with Crippen molar-refractivity contribution in [3.8, 4) is 11.3 Å². The second-order valence-corrected chi connectivity index (χ2v) is 7.38. The molecule has 0 aliphatic carbocycles. The van der Waals surface area contributed by atoms with Crippen LogP contribution in [-0.2, 0) is 14.1 Å². The van der Waals surface area contributed by atoms with E-state index in [0.717, 1.165) is 20.9 Å². The van der Waals surface area contributed by atoms with Crippen LogP contribution in [0.25, 0.3) is 11.3 Å². The molecule has 28 heavy (non-hydrogen) atoms. The predicted octanol–water partition coefficient (Wildman–Crippen LogP) is 1.82. The Labute approximate surface area is 162 Å². The van der Waals surface area contributed by atoms with Gasteiger partial charge in [0.05, 0.1) is 11.4 Å². The molecule has 0 aliphatic rings. The van der Waals surface area contributed by atoms with Crippen molar-refractivity contribution in [3.63, 3.8) is 0 Å². The second kappa shape index (κ2) is 7.47. The summed E-state index contributed by atoms with van der Waals surface area (Å²) in [6, 6.07) is 5.70. The fraction of sp³-hybridized carbons (Fsp3) is 0.222. The molecule has 0 bridgehead atoms. The summed E-state index contributed by atoms with van der Waals surface area (Å²) in [5.41, 5.74) is 4.84. The largest absolute Gasteiger partial charge is 0.431 e. The Hall–Kier alpha value is -3.14. The molecule has 0 aliphatic heterocycles. The third-order valence-electron chi connectivity index (χ3n) is 4.22. The van der Waals surface area contributed by atoms with E-state index in [0.29, 0.717) is 11.3 Å². The highest BCUT2D eigenvalue weighted by Gasteiger charge is 2.26. The lowest BCUT2D eigenvalue weighted by molar-refractivity contribution is 0.0991. The number of rotatable bonds is 5. The van der Waals surface area contributed by atoms with Crippen molar-refractivity contribution in [3.05, 3.63) is 62.7 Å². The van der Waals surface area contributed by atoms with Crippen LogP contribution < -0.4 is 17.0 Å². The Balaban J connectivity index is 1.86. The Kier molecular flexibility index (Phi) is 5.23. The number of thioether (sulfide) groups is 1. The number of aromatic nitrogens is 3. The van der Waals surface area contributed by atoms with Crippen molar-refractivity contribution >= 4 is 23.4 Å². The van der Waals surface area contributed by atoms with Gasteiger partial charge in [0.2, 0.25) is 0 Å². The first kappa shape index (κ1) is 19.6. The van der Waals surface area contributed by atoms with E-state index in [9.17, 15) is 18.8 Å². The number of nitrogens with two attached hydrogens (primary N) is 1. The summed E-state index contributed by atoms with van der Waals surface area (Å²) in [5.74, 6) is -0.682. The van der Waals surface area contributed by atoms with Crippen molar-refractivity contribution in [1.82, 2.24) is 14.1 Å². The van der Waals surface area contributed by atoms with Gasteiger partial charge >= 0.3 is 5.69 Å². The van der Waals surface area contributed by atoms with E-state index >= 15 is 0 Å². The van der Waals surface area contributed by atoms with Gasteiger partial charge in [-0.3, -0.25) is 18.7 Å². The van der Waals surface area contributed by atoms with Crippen molar-refractivity contribution in [1.29, 1.82) is 0 Å². The molecule has 146 valence electrons. The van der Waals surface area contributed by atoms with Gasteiger partial charge < -0.3 is 10.2 Å². The average Bonchev–Trinajstić information content (AvgIpc) is 3.13. The van der Waals surface area contributed by atoms with Gasteiger partial charge in [-0.1, -0.05) is 11.8 Å². The number of Topliss-reactive ketones (excluding diaryl/α,β-unsaturated/α-hetero) is 1. The minimum Gasteiger partial charge on any atom is -0.431 e. The number of anilines is 1. The van der Waals surface area contributed by atoms with Crippen LogP contribution in [0.5, 0.6) is 0 Å². The topological polar surface area (TPSA) is 113 Å². The number of nitrogen functional groups attached to an aromatic ring is 1. The highest BCUT2D eigenvalue weighted by Crippen LogP contribution is 2.29. The molecule has 1 atom stereocenters. The highest BCUT2D eigenvalue weighted by molar-refractivity contribution is 8.00. The summed E-state index contributed by atoms with van der Waals surface area (Å²) < 4.78 is 20.5. The van der Waals surface area contributed by atoms with Gasteiger partial charge in [-0.15, -0.1) is 0 Å². The molecule has 0 saturated carbocycles. The number of hydrogen-bond acceptors (Lipinski definition) is 7. The van der Waals surface area contributed by atoms with Crippen LogP contribution in [0.2, 0.25) is 0 Å². The summed E-state index contributed by atoms with van der Waals surface area (Å²) in [6.07, 6.45) is 1.46. The van der Waals surface area contributed by atoms with Gasteiger partial charge in [0.25, 0.3) is 10.8 Å². The summed E-state index contributed by atoms with van der Waals surface area (Å²) >= 11 is 1.01. The molecule has 0 unspecified atom stereocenters. The van der Waals surface area contributed by atoms with Crippen molar-refractivity contribution < 1.29 is 13.6 Å². The summed E-state index contributed by atoms with van der Waals surface area (Å²) in [5, 5.41) is -0.535. The molecule has 3 aromatic rings. The van der Waals surface area contributed by atoms with Crippen LogP contribution in [0, 0.1) is 5.82 Å². The van der Waals surface area contributed by atoms with E-state index in [1.54, 1.807) is 19.1 Å². The molecule has 2 N–H and O–H groups in total. The van der Waals surface area contributed by atoms with Crippen LogP contribution in [0.1, 0.15) is 17.3 Å². The lowest BCUT2D eigenvalue weighted by atomic mass is 10.1. The van der Waals surface area contributed by atoms with E-state index in [2.05, 4.69) is 4.98 Å². The van der Waals surface area contributed by atoms with Crippen LogP contribution >= 0.6 is 11.8 Å². The normalized spacial score (nSPS) is 12.1. The molecule has 0 radical (unpaired) electrons. The summed E-state index contributed by atoms with van der Waals surface area (Å²) in [7, 11) is 2.66. The standard InChI is InChI=1S/C18H17FN4O4S/c1-9(14(24)13-15(20)22(2)18(26)23(3)16(13)25)28-17-21-8-12(27-17)10-4-6-11(19)7-5-10/h4-9H,20H2,1-3H3/t9-/m1/s1. The van der Waals surface area contributed by atoms with Crippen LogP contribution in [0.4, 0.5) is 10.2 Å². The van der Waals surface area contributed by atoms with Crippen molar-refractivity contribution in [2.45, 2.75) is 17.4 Å². The quantitative estimate of drug-likeness (QED) is 0.510. The second-order valence-electron chi connectivity index (χ2n) is 6.09. The van der Waals surface area contributed by atoms with Gasteiger partial charge in [-0.2, -0.15) is 0 Å². The molecule has 0 fully saturated rings. The molecule has 8 nitrogen and oxygen atoms in total. The van der Waals surface area contributed by atoms with Crippen molar-refractivity contribution in [2.75, 3.05) is 5.73 Å². The van der Waals surface area contributed by atoms with E-state index in [-0.39, 0.29) is 22.4 Å². The molecular formula is C18H17FN4O4S. The zero-order valence-corrected chi connectivity index (χ0v) is 16.1. The maximum atomic E-state index is 13.0. The number of carbonyl (C=O) groups is 1. The Morgan fingerprint density at radius 3 is 2.50 bits per heavy atom. The van der Waals surface area contributed by atoms with E-state index in [1.165, 1.54) is 32.4 Å². The maximum Gasteiger partial charge on any atom is 0.332 e. The number of carbonyl (C=O) groups excluding carboxylic acids is 1. The third-order valence-corrected chi connectivity index (χ3v) is 5.17. The van der Waals surface area contributed by atoms with Gasteiger partial charge in [0.1, 0.15) is 17.2 Å². The minimum atomic E-state index is -0.752. The van der Waals surface area contributed by atoms with E-state index < -0.39 is 22.3 Å². The monoisotopic (exact) mass is 404 g/mol. The maximum absolute atomic E-state index is 13.0. The third kappa shape index (κ3) is 3.50. The lowest BCUT2D eigenvalue weighted by Crippen LogP contribution is -2.42. The predicted molar refractivity (Wildman–Crippen MR) is 103 cm³/mol. The molecule has 0 saturated heterocycles. The van der Waals surface area contributed by atoms with E-state index in [4.69, 9.17) is 10.2 Å². The Morgan fingerprint density at radius 2 is 1.86 bits per heavy atom. The number of benzene rings is 1. The first-order valence-electron chi connectivity index (χ1n) is 8.18. The lowest BCUT2D eigenvalue weighted by Gasteiger charge is -2.13. The molecule has 0 amide bonds. The fourth-order valence-corrected chi connectivity index (χ4v) is 3.34. The Morgan fingerprint density at radius 1 is 1.21 bits per heavy atom. The smallest absolute Gasteiger partial charge is 0.332 e. The molecule has 2 heterocycles. The van der Waals surface area contributed by atoms with Crippen LogP contribution in [0.3, 0.4) is 0 Å². The van der Waals surface area contributed by atoms with Gasteiger partial charge in [0.15, 0.2) is 11.5 Å².